The maximum absolute atomic E-state index is 13.2. The molecule has 4 rings (SSSR count). The van der Waals surface area contributed by atoms with Crippen molar-refractivity contribution in [3.63, 3.8) is 0 Å². The number of fused-ring (bicyclic) bond motifs is 1. The van der Waals surface area contributed by atoms with Gasteiger partial charge in [-0.1, -0.05) is 24.3 Å². The average molecular weight is 392 g/mol. The molecule has 0 aliphatic carbocycles. The first kappa shape index (κ1) is 18.9. The lowest BCUT2D eigenvalue weighted by Crippen LogP contribution is -2.21. The predicted molar refractivity (Wildman–Crippen MR) is 109 cm³/mol. The van der Waals surface area contributed by atoms with Crippen molar-refractivity contribution < 1.29 is 18.7 Å². The lowest BCUT2D eigenvalue weighted by atomic mass is 9.91. The Bertz CT molecular complexity index is 1020. The molecule has 0 amide bonds. The Labute approximate surface area is 168 Å². The van der Waals surface area contributed by atoms with Gasteiger partial charge in [0.05, 0.1) is 31.2 Å². The van der Waals surface area contributed by atoms with Gasteiger partial charge in [0.25, 0.3) is 0 Å². The number of aromatic nitrogens is 1. The third-order valence-electron chi connectivity index (χ3n) is 5.12. The number of carbonyl (C=O) groups excluding carboxylic acids is 1. The summed E-state index contributed by atoms with van der Waals surface area (Å²) in [7, 11) is 1.36. The van der Waals surface area contributed by atoms with Gasteiger partial charge in [-0.3, -0.25) is 4.98 Å². The van der Waals surface area contributed by atoms with Crippen LogP contribution in [0.4, 0.5) is 10.1 Å². The van der Waals surface area contributed by atoms with E-state index >= 15 is 0 Å². The smallest absolute Gasteiger partial charge is 0.340 e. The molecule has 2 heterocycles. The Balaban J connectivity index is 1.53. The molecule has 1 aliphatic heterocycles. The van der Waals surface area contributed by atoms with Crippen molar-refractivity contribution in [2.45, 2.75) is 12.3 Å². The molecular weight excluding hydrogens is 371 g/mol. The van der Waals surface area contributed by atoms with E-state index in [0.717, 1.165) is 28.9 Å². The minimum Gasteiger partial charge on any atom is -0.493 e. The fourth-order valence-electron chi connectivity index (χ4n) is 3.55. The molecule has 0 spiro atoms. The standard InChI is InChI=1S/C23H21FN2O3/c1-28-23(27)20-8-10-25-14-21(20)26-13-17-9-11-29-22-12-16(4-7-19(17)22)15-2-5-18(24)6-3-15/h2-8,10,12,14,17,26H,9,11,13H2,1H3. The van der Waals surface area contributed by atoms with Gasteiger partial charge in [0, 0.05) is 18.7 Å². The molecule has 1 atom stereocenters. The molecule has 1 unspecified atom stereocenters. The van der Waals surface area contributed by atoms with Crippen LogP contribution in [0.15, 0.2) is 60.9 Å². The molecule has 0 fully saturated rings. The van der Waals surface area contributed by atoms with Crippen LogP contribution in [0.1, 0.15) is 28.3 Å². The van der Waals surface area contributed by atoms with Gasteiger partial charge in [0.2, 0.25) is 0 Å². The molecule has 29 heavy (non-hydrogen) atoms. The SMILES string of the molecule is COC(=O)c1ccncc1NCC1CCOc2cc(-c3ccc(F)cc3)ccc21. The predicted octanol–water partition coefficient (Wildman–Crippen LogP) is 4.65. The van der Waals surface area contributed by atoms with E-state index in [9.17, 15) is 9.18 Å². The molecule has 6 heteroatoms. The molecule has 3 aromatic rings. The third-order valence-corrected chi connectivity index (χ3v) is 5.12. The van der Waals surface area contributed by atoms with Crippen LogP contribution in [0, 0.1) is 5.82 Å². The summed E-state index contributed by atoms with van der Waals surface area (Å²) >= 11 is 0. The van der Waals surface area contributed by atoms with Gasteiger partial charge in [-0.15, -0.1) is 0 Å². The summed E-state index contributed by atoms with van der Waals surface area (Å²) in [4.78, 5) is 16.0. The van der Waals surface area contributed by atoms with E-state index in [1.807, 2.05) is 12.1 Å². The molecule has 0 saturated heterocycles. The molecule has 0 bridgehead atoms. The number of nitrogens with one attached hydrogen (secondary N) is 1. The minimum atomic E-state index is -0.397. The van der Waals surface area contributed by atoms with Gasteiger partial charge in [-0.05, 0) is 47.4 Å². The second kappa shape index (κ2) is 8.31. The number of carbonyl (C=O) groups is 1. The summed E-state index contributed by atoms with van der Waals surface area (Å²) in [6.45, 7) is 1.26. The van der Waals surface area contributed by atoms with Crippen LogP contribution in [0.2, 0.25) is 0 Å². The monoisotopic (exact) mass is 392 g/mol. The molecule has 2 aromatic carbocycles. The Morgan fingerprint density at radius 1 is 1.21 bits per heavy atom. The number of halogens is 1. The van der Waals surface area contributed by atoms with Crippen molar-refractivity contribution in [1.82, 2.24) is 4.98 Å². The van der Waals surface area contributed by atoms with Crippen LogP contribution in [-0.4, -0.2) is 31.2 Å². The average Bonchev–Trinajstić information content (AvgIpc) is 2.77. The first-order valence-corrected chi connectivity index (χ1v) is 9.44. The zero-order valence-electron chi connectivity index (χ0n) is 16.0. The maximum Gasteiger partial charge on any atom is 0.340 e. The Hall–Kier alpha value is -3.41. The molecule has 5 nitrogen and oxygen atoms in total. The highest BCUT2D eigenvalue weighted by molar-refractivity contribution is 5.95. The van der Waals surface area contributed by atoms with Crippen molar-refractivity contribution in [2.75, 3.05) is 25.6 Å². The van der Waals surface area contributed by atoms with Crippen LogP contribution in [-0.2, 0) is 4.74 Å². The molecule has 1 aromatic heterocycles. The summed E-state index contributed by atoms with van der Waals surface area (Å²) in [5.74, 6) is 0.415. The molecule has 0 saturated carbocycles. The lowest BCUT2D eigenvalue weighted by molar-refractivity contribution is 0.0601. The summed E-state index contributed by atoms with van der Waals surface area (Å²) in [6, 6.07) is 14.1. The number of anilines is 1. The van der Waals surface area contributed by atoms with Gasteiger partial charge >= 0.3 is 5.97 Å². The minimum absolute atomic E-state index is 0.228. The first-order chi connectivity index (χ1) is 14.2. The van der Waals surface area contributed by atoms with Crippen molar-refractivity contribution in [1.29, 1.82) is 0 Å². The number of methoxy groups -OCH3 is 1. The Morgan fingerprint density at radius 3 is 2.79 bits per heavy atom. The van der Waals surface area contributed by atoms with E-state index in [-0.39, 0.29) is 11.7 Å². The van der Waals surface area contributed by atoms with E-state index in [2.05, 4.69) is 16.4 Å². The molecule has 1 N–H and O–H groups in total. The van der Waals surface area contributed by atoms with Crippen molar-refractivity contribution in [3.8, 4) is 16.9 Å². The second-order valence-electron chi connectivity index (χ2n) is 6.89. The largest absolute Gasteiger partial charge is 0.493 e. The number of ether oxygens (including phenoxy) is 2. The van der Waals surface area contributed by atoms with Crippen molar-refractivity contribution in [2.24, 2.45) is 0 Å². The van der Waals surface area contributed by atoms with E-state index in [1.54, 1.807) is 30.6 Å². The van der Waals surface area contributed by atoms with Gasteiger partial charge in [0.1, 0.15) is 11.6 Å². The van der Waals surface area contributed by atoms with Crippen LogP contribution in [0.25, 0.3) is 11.1 Å². The van der Waals surface area contributed by atoms with E-state index in [4.69, 9.17) is 9.47 Å². The van der Waals surface area contributed by atoms with Crippen LogP contribution in [0.5, 0.6) is 5.75 Å². The Morgan fingerprint density at radius 2 is 2.00 bits per heavy atom. The number of benzene rings is 2. The van der Waals surface area contributed by atoms with Gasteiger partial charge < -0.3 is 14.8 Å². The Kier molecular flexibility index (Phi) is 5.42. The zero-order valence-corrected chi connectivity index (χ0v) is 16.0. The molecule has 148 valence electrons. The van der Waals surface area contributed by atoms with E-state index < -0.39 is 5.97 Å². The number of esters is 1. The summed E-state index contributed by atoms with van der Waals surface area (Å²) in [6.07, 6.45) is 4.06. The third kappa shape index (κ3) is 4.06. The number of rotatable bonds is 5. The van der Waals surface area contributed by atoms with Gasteiger partial charge in [-0.2, -0.15) is 0 Å². The van der Waals surface area contributed by atoms with E-state index in [1.165, 1.54) is 19.2 Å². The lowest BCUT2D eigenvalue weighted by Gasteiger charge is -2.27. The normalized spacial score (nSPS) is 15.2. The highest BCUT2D eigenvalue weighted by Crippen LogP contribution is 2.37. The van der Waals surface area contributed by atoms with Gasteiger partial charge in [0.15, 0.2) is 0 Å². The van der Waals surface area contributed by atoms with Crippen LogP contribution in [0.3, 0.4) is 0 Å². The van der Waals surface area contributed by atoms with Crippen LogP contribution < -0.4 is 10.1 Å². The van der Waals surface area contributed by atoms with Crippen molar-refractivity contribution >= 4 is 11.7 Å². The van der Waals surface area contributed by atoms with Crippen molar-refractivity contribution in [3.05, 3.63) is 77.9 Å². The topological polar surface area (TPSA) is 60.5 Å². The van der Waals surface area contributed by atoms with Gasteiger partial charge in [-0.25, -0.2) is 9.18 Å². The molecular formula is C23H21FN2O3. The zero-order chi connectivity index (χ0) is 20.2. The molecule has 0 radical (unpaired) electrons. The quantitative estimate of drug-likeness (QED) is 0.641. The number of nitrogens with zero attached hydrogens (tertiary/aromatic N) is 1. The summed E-state index contributed by atoms with van der Waals surface area (Å²) in [5, 5.41) is 3.33. The second-order valence-corrected chi connectivity index (χ2v) is 6.89. The van der Waals surface area contributed by atoms with E-state index in [0.29, 0.717) is 24.4 Å². The summed E-state index contributed by atoms with van der Waals surface area (Å²) < 4.78 is 23.9. The number of hydrogen-bond donors (Lipinski definition) is 1. The highest BCUT2D eigenvalue weighted by atomic mass is 19.1. The molecule has 1 aliphatic rings. The fraction of sp³-hybridized carbons (Fsp3) is 0.217. The fourth-order valence-corrected chi connectivity index (χ4v) is 3.55. The highest BCUT2D eigenvalue weighted by Gasteiger charge is 2.23. The first-order valence-electron chi connectivity index (χ1n) is 9.44. The number of hydrogen-bond acceptors (Lipinski definition) is 5. The summed E-state index contributed by atoms with van der Waals surface area (Å²) in [5.41, 5.74) is 4.14. The maximum atomic E-state index is 13.2. The van der Waals surface area contributed by atoms with Crippen LogP contribution >= 0.6 is 0 Å². The number of pyridine rings is 1.